The van der Waals surface area contributed by atoms with E-state index < -0.39 is 9.84 Å². The second kappa shape index (κ2) is 7.85. The highest BCUT2D eigenvalue weighted by Crippen LogP contribution is 2.21. The first-order valence-electron chi connectivity index (χ1n) is 8.40. The maximum atomic E-state index is 11.3. The van der Waals surface area contributed by atoms with Crippen molar-refractivity contribution >= 4 is 15.5 Å². The molecule has 1 aliphatic heterocycles. The molecule has 26 heavy (non-hydrogen) atoms. The van der Waals surface area contributed by atoms with Crippen LogP contribution in [0, 0.1) is 11.3 Å². The molecule has 1 aliphatic rings. The molecule has 9 heteroatoms. The molecule has 3 rings (SSSR count). The van der Waals surface area contributed by atoms with Crippen molar-refractivity contribution in [3.05, 3.63) is 41.5 Å². The summed E-state index contributed by atoms with van der Waals surface area (Å²) >= 11 is 0. The van der Waals surface area contributed by atoms with Gasteiger partial charge >= 0.3 is 0 Å². The molecule has 0 bridgehead atoms. The molecule has 1 aromatic carbocycles. The molecule has 138 valence electrons. The molecule has 1 saturated heterocycles. The fourth-order valence-electron chi connectivity index (χ4n) is 3.05. The van der Waals surface area contributed by atoms with Crippen molar-refractivity contribution in [2.45, 2.75) is 18.7 Å². The van der Waals surface area contributed by atoms with Gasteiger partial charge in [0.05, 0.1) is 17.8 Å². The quantitative estimate of drug-likeness (QED) is 0.768. The van der Waals surface area contributed by atoms with Gasteiger partial charge < -0.3 is 9.42 Å². The van der Waals surface area contributed by atoms with Crippen LogP contribution in [0.4, 0.5) is 5.69 Å². The van der Waals surface area contributed by atoms with Crippen molar-refractivity contribution in [1.29, 1.82) is 5.26 Å². The van der Waals surface area contributed by atoms with Crippen molar-refractivity contribution in [1.82, 2.24) is 15.0 Å². The fraction of sp³-hybridized carbons (Fsp3) is 0.471. The standard InChI is InChI=1S/C17H21N5O3S/c1-26(23,24)13-16-19-17(25-20-16)12-21-7-4-8-22(10-9-21)15-6-3-2-5-14(15)11-18/h2-3,5-6H,4,7-10,12-13H2,1H3. The van der Waals surface area contributed by atoms with E-state index in [4.69, 9.17) is 4.52 Å². The van der Waals surface area contributed by atoms with Crippen LogP contribution >= 0.6 is 0 Å². The third-order valence-corrected chi connectivity index (χ3v) is 5.00. The van der Waals surface area contributed by atoms with Gasteiger partial charge in [-0.15, -0.1) is 0 Å². The summed E-state index contributed by atoms with van der Waals surface area (Å²) in [6.45, 7) is 3.82. The predicted octanol–water partition coefficient (Wildman–Crippen LogP) is 1.20. The van der Waals surface area contributed by atoms with Gasteiger partial charge in [0.2, 0.25) is 5.89 Å². The lowest BCUT2D eigenvalue weighted by Gasteiger charge is -2.24. The molecule has 2 heterocycles. The Hall–Kier alpha value is -2.44. The van der Waals surface area contributed by atoms with E-state index in [1.54, 1.807) is 0 Å². The molecule has 0 aliphatic carbocycles. The van der Waals surface area contributed by atoms with Crippen LogP contribution in [-0.4, -0.2) is 55.9 Å². The van der Waals surface area contributed by atoms with E-state index in [-0.39, 0.29) is 11.6 Å². The highest BCUT2D eigenvalue weighted by Gasteiger charge is 2.20. The van der Waals surface area contributed by atoms with Gasteiger partial charge in [-0.25, -0.2) is 8.42 Å². The summed E-state index contributed by atoms with van der Waals surface area (Å²) in [5.74, 6) is 0.409. The first-order valence-corrected chi connectivity index (χ1v) is 10.5. The SMILES string of the molecule is CS(=O)(=O)Cc1noc(CN2CCCN(c3ccccc3C#N)CC2)n1. The number of anilines is 1. The van der Waals surface area contributed by atoms with E-state index in [0.29, 0.717) is 18.0 Å². The topological polar surface area (TPSA) is 103 Å². The number of nitriles is 1. The lowest BCUT2D eigenvalue weighted by molar-refractivity contribution is 0.239. The van der Waals surface area contributed by atoms with Crippen LogP contribution in [0.2, 0.25) is 0 Å². The van der Waals surface area contributed by atoms with Crippen LogP contribution in [0.25, 0.3) is 0 Å². The Bertz CT molecular complexity index is 903. The molecule has 0 amide bonds. The van der Waals surface area contributed by atoms with Crippen molar-refractivity contribution in [3.63, 3.8) is 0 Å². The van der Waals surface area contributed by atoms with Gasteiger partial charge in [0.1, 0.15) is 11.8 Å². The van der Waals surface area contributed by atoms with Gasteiger partial charge in [0, 0.05) is 32.4 Å². The Labute approximate surface area is 152 Å². The molecule has 1 aromatic heterocycles. The predicted molar refractivity (Wildman–Crippen MR) is 96.1 cm³/mol. The average Bonchev–Trinajstić information content (AvgIpc) is 2.88. The summed E-state index contributed by atoms with van der Waals surface area (Å²) in [4.78, 5) is 8.59. The van der Waals surface area contributed by atoms with E-state index in [9.17, 15) is 13.7 Å². The molecule has 2 aromatic rings. The first kappa shape index (κ1) is 18.4. The molecule has 0 atom stereocenters. The molecular weight excluding hydrogens is 354 g/mol. The van der Waals surface area contributed by atoms with Gasteiger partial charge in [-0.1, -0.05) is 17.3 Å². The van der Waals surface area contributed by atoms with Crippen LogP contribution in [0.15, 0.2) is 28.8 Å². The molecule has 0 N–H and O–H groups in total. The number of para-hydroxylation sites is 1. The Morgan fingerprint density at radius 1 is 1.23 bits per heavy atom. The van der Waals surface area contributed by atoms with Crippen LogP contribution in [0.1, 0.15) is 23.7 Å². The normalized spacial score (nSPS) is 16.2. The summed E-state index contributed by atoms with van der Waals surface area (Å²) in [5, 5.41) is 13.0. The largest absolute Gasteiger partial charge is 0.369 e. The Kier molecular flexibility index (Phi) is 5.54. The van der Waals surface area contributed by atoms with Crippen LogP contribution in [-0.2, 0) is 22.1 Å². The molecule has 0 saturated carbocycles. The van der Waals surface area contributed by atoms with Gasteiger partial charge in [-0.05, 0) is 18.6 Å². The minimum Gasteiger partial charge on any atom is -0.369 e. The van der Waals surface area contributed by atoms with Gasteiger partial charge in [0.25, 0.3) is 0 Å². The summed E-state index contributed by atoms with van der Waals surface area (Å²) in [7, 11) is -3.18. The summed E-state index contributed by atoms with van der Waals surface area (Å²) in [6, 6.07) is 9.87. The smallest absolute Gasteiger partial charge is 0.240 e. The zero-order chi connectivity index (χ0) is 18.6. The third-order valence-electron chi connectivity index (χ3n) is 4.21. The molecule has 1 fully saturated rings. The lowest BCUT2D eigenvalue weighted by atomic mass is 10.1. The molecule has 0 unspecified atom stereocenters. The number of aromatic nitrogens is 2. The van der Waals surface area contributed by atoms with Crippen molar-refractivity contribution in [2.24, 2.45) is 0 Å². The minimum absolute atomic E-state index is 0.196. The van der Waals surface area contributed by atoms with Crippen molar-refractivity contribution in [3.8, 4) is 6.07 Å². The fourth-order valence-corrected chi connectivity index (χ4v) is 3.64. The second-order valence-corrected chi connectivity index (χ2v) is 8.56. The highest BCUT2D eigenvalue weighted by molar-refractivity contribution is 7.89. The number of nitrogens with zero attached hydrogens (tertiary/aromatic N) is 5. The number of benzene rings is 1. The van der Waals surface area contributed by atoms with E-state index in [1.165, 1.54) is 0 Å². The Morgan fingerprint density at radius 3 is 2.81 bits per heavy atom. The van der Waals surface area contributed by atoms with Crippen LogP contribution in [0.5, 0.6) is 0 Å². The first-order chi connectivity index (χ1) is 12.4. The van der Waals surface area contributed by atoms with Crippen LogP contribution < -0.4 is 4.90 Å². The minimum atomic E-state index is -3.18. The molecule has 0 spiro atoms. The van der Waals surface area contributed by atoms with Gasteiger partial charge in [-0.3, -0.25) is 4.90 Å². The van der Waals surface area contributed by atoms with Crippen LogP contribution in [0.3, 0.4) is 0 Å². The number of sulfone groups is 1. The summed E-state index contributed by atoms with van der Waals surface area (Å²) in [6.07, 6.45) is 2.09. The summed E-state index contributed by atoms with van der Waals surface area (Å²) in [5.41, 5.74) is 1.65. The average molecular weight is 375 g/mol. The lowest BCUT2D eigenvalue weighted by Crippen LogP contribution is -2.31. The monoisotopic (exact) mass is 375 g/mol. The van der Waals surface area contributed by atoms with E-state index in [2.05, 4.69) is 26.0 Å². The zero-order valence-electron chi connectivity index (χ0n) is 14.6. The number of hydrogen-bond acceptors (Lipinski definition) is 8. The molecule has 8 nitrogen and oxygen atoms in total. The van der Waals surface area contributed by atoms with Gasteiger partial charge in [-0.2, -0.15) is 10.2 Å². The summed E-state index contributed by atoms with van der Waals surface area (Å²) < 4.78 is 27.8. The molecule has 0 radical (unpaired) electrons. The Balaban J connectivity index is 1.62. The maximum Gasteiger partial charge on any atom is 0.240 e. The maximum absolute atomic E-state index is 11.3. The number of hydrogen-bond donors (Lipinski definition) is 0. The second-order valence-electron chi connectivity index (χ2n) is 6.42. The number of rotatable bonds is 5. The van der Waals surface area contributed by atoms with E-state index in [1.807, 2.05) is 24.3 Å². The van der Waals surface area contributed by atoms with E-state index in [0.717, 1.165) is 44.5 Å². The zero-order valence-corrected chi connectivity index (χ0v) is 15.4. The molecular formula is C17H21N5O3S. The highest BCUT2D eigenvalue weighted by atomic mass is 32.2. The third kappa shape index (κ3) is 4.80. The Morgan fingerprint density at radius 2 is 2.04 bits per heavy atom. The van der Waals surface area contributed by atoms with Gasteiger partial charge in [0.15, 0.2) is 15.7 Å². The van der Waals surface area contributed by atoms with E-state index >= 15 is 0 Å². The van der Waals surface area contributed by atoms with Crippen molar-refractivity contribution in [2.75, 3.05) is 37.3 Å². The van der Waals surface area contributed by atoms with Crippen molar-refractivity contribution < 1.29 is 12.9 Å².